The first kappa shape index (κ1) is 11.7. The van der Waals surface area contributed by atoms with Gasteiger partial charge in [-0.25, -0.2) is 4.98 Å². The summed E-state index contributed by atoms with van der Waals surface area (Å²) < 4.78 is 0. The van der Waals surface area contributed by atoms with E-state index in [1.807, 2.05) is 0 Å². The number of nitrogens with one attached hydrogen (secondary N) is 1. The van der Waals surface area contributed by atoms with Gasteiger partial charge in [0.15, 0.2) is 0 Å². The molecule has 0 aliphatic heterocycles. The van der Waals surface area contributed by atoms with Gasteiger partial charge in [-0.05, 0) is 42.4 Å². The fraction of sp³-hybridized carbons (Fsp3) is 0.533. The molecule has 3 heteroatoms. The fourth-order valence-corrected chi connectivity index (χ4v) is 2.51. The molecule has 0 spiro atoms. The summed E-state index contributed by atoms with van der Waals surface area (Å²) in [6.07, 6.45) is 3.29. The lowest BCUT2D eigenvalue weighted by molar-refractivity contribution is 0.240. The minimum Gasteiger partial charge on any atom is -0.340 e. The van der Waals surface area contributed by atoms with E-state index < -0.39 is 0 Å². The number of nitrogens with two attached hydrogens (primary N) is 1. The maximum atomic E-state index is 6.32. The summed E-state index contributed by atoms with van der Waals surface area (Å²) in [4.78, 5) is 8.06. The minimum absolute atomic E-state index is 0.163. The van der Waals surface area contributed by atoms with Gasteiger partial charge in [-0.3, -0.25) is 0 Å². The van der Waals surface area contributed by atoms with E-state index in [1.54, 1.807) is 0 Å². The molecule has 1 aromatic carbocycles. The number of hydrogen-bond acceptors (Lipinski definition) is 2. The van der Waals surface area contributed by atoms with Gasteiger partial charge < -0.3 is 10.7 Å². The molecule has 96 valence electrons. The largest absolute Gasteiger partial charge is 0.340 e. The zero-order valence-electron chi connectivity index (χ0n) is 11.4. The van der Waals surface area contributed by atoms with Crippen molar-refractivity contribution in [3.05, 3.63) is 29.6 Å². The lowest BCUT2D eigenvalue weighted by Crippen LogP contribution is -2.44. The Kier molecular flexibility index (Phi) is 2.33. The van der Waals surface area contributed by atoms with Gasteiger partial charge >= 0.3 is 0 Å². The number of rotatable bonds is 1. The van der Waals surface area contributed by atoms with Crippen LogP contribution in [0.15, 0.2) is 18.2 Å². The Morgan fingerprint density at radius 1 is 1.28 bits per heavy atom. The van der Waals surface area contributed by atoms with Gasteiger partial charge in [0.2, 0.25) is 0 Å². The molecule has 3 N–H and O–H groups in total. The second kappa shape index (κ2) is 3.58. The van der Waals surface area contributed by atoms with Gasteiger partial charge in [0.05, 0.1) is 16.6 Å². The van der Waals surface area contributed by atoms with Crippen molar-refractivity contribution in [1.82, 2.24) is 9.97 Å². The Morgan fingerprint density at radius 3 is 2.56 bits per heavy atom. The van der Waals surface area contributed by atoms with Crippen LogP contribution in [0, 0.1) is 0 Å². The number of aromatic amines is 1. The van der Waals surface area contributed by atoms with Gasteiger partial charge in [-0.15, -0.1) is 0 Å². The second-order valence-electron chi connectivity index (χ2n) is 6.58. The van der Waals surface area contributed by atoms with Crippen molar-refractivity contribution in [2.45, 2.75) is 51.0 Å². The summed E-state index contributed by atoms with van der Waals surface area (Å²) in [6, 6.07) is 6.46. The van der Waals surface area contributed by atoms with Crippen LogP contribution in [0.4, 0.5) is 0 Å². The summed E-state index contributed by atoms with van der Waals surface area (Å²) in [6.45, 7) is 6.67. The zero-order valence-corrected chi connectivity index (χ0v) is 11.4. The molecule has 0 unspecified atom stereocenters. The van der Waals surface area contributed by atoms with Crippen molar-refractivity contribution >= 4 is 11.0 Å². The first-order valence-corrected chi connectivity index (χ1v) is 6.68. The molecule has 0 saturated heterocycles. The molecule has 1 aromatic heterocycles. The van der Waals surface area contributed by atoms with Gasteiger partial charge in [0.25, 0.3) is 0 Å². The maximum absolute atomic E-state index is 6.32. The number of nitrogens with zero attached hydrogens (tertiary/aromatic N) is 1. The molecule has 0 radical (unpaired) electrons. The van der Waals surface area contributed by atoms with Crippen LogP contribution in [0.3, 0.4) is 0 Å². The van der Waals surface area contributed by atoms with E-state index in [9.17, 15) is 0 Å². The molecule has 2 aromatic rings. The molecule has 1 aliphatic carbocycles. The van der Waals surface area contributed by atoms with Crippen LogP contribution >= 0.6 is 0 Å². The first-order valence-electron chi connectivity index (χ1n) is 6.68. The summed E-state index contributed by atoms with van der Waals surface area (Å²) in [5.74, 6) is 0.954. The van der Waals surface area contributed by atoms with Crippen LogP contribution in [-0.2, 0) is 11.0 Å². The molecule has 1 heterocycles. The van der Waals surface area contributed by atoms with E-state index >= 15 is 0 Å². The zero-order chi connectivity index (χ0) is 13.0. The number of imidazole rings is 1. The summed E-state index contributed by atoms with van der Waals surface area (Å²) in [7, 11) is 0. The molecule has 0 atom stereocenters. The van der Waals surface area contributed by atoms with E-state index in [4.69, 9.17) is 5.73 Å². The number of H-pyrrole nitrogens is 1. The lowest BCUT2D eigenvalue weighted by Gasteiger charge is -2.35. The Bertz CT molecular complexity index is 585. The molecule has 1 saturated carbocycles. The predicted octanol–water partition coefficient (Wildman–Crippen LogP) is 3.20. The standard InChI is InChI=1S/C15H21N3/c1-14(2,3)10-5-6-11-12(9-10)18-13(17-11)15(16)7-4-8-15/h5-6,9H,4,7-8,16H2,1-3H3,(H,17,18). The average Bonchev–Trinajstić information content (AvgIpc) is 2.67. The quantitative estimate of drug-likeness (QED) is 0.808. The molecule has 0 bridgehead atoms. The van der Waals surface area contributed by atoms with E-state index in [1.165, 1.54) is 12.0 Å². The van der Waals surface area contributed by atoms with Crippen LogP contribution in [0.5, 0.6) is 0 Å². The van der Waals surface area contributed by atoms with E-state index in [2.05, 4.69) is 48.9 Å². The third kappa shape index (κ3) is 1.74. The molecular weight excluding hydrogens is 222 g/mol. The van der Waals surface area contributed by atoms with Crippen LogP contribution in [0.2, 0.25) is 0 Å². The van der Waals surface area contributed by atoms with Crippen molar-refractivity contribution < 1.29 is 0 Å². The Morgan fingerprint density at radius 2 is 2.00 bits per heavy atom. The van der Waals surface area contributed by atoms with Crippen LogP contribution in [0.25, 0.3) is 11.0 Å². The highest BCUT2D eigenvalue weighted by Gasteiger charge is 2.37. The van der Waals surface area contributed by atoms with Crippen molar-refractivity contribution in [3.63, 3.8) is 0 Å². The van der Waals surface area contributed by atoms with Crippen molar-refractivity contribution in [3.8, 4) is 0 Å². The molecular formula is C15H21N3. The summed E-state index contributed by atoms with van der Waals surface area (Å²) in [5.41, 5.74) is 9.73. The highest BCUT2D eigenvalue weighted by atomic mass is 15.0. The molecule has 0 amide bonds. The number of benzene rings is 1. The SMILES string of the molecule is CC(C)(C)c1ccc2nc(C3(N)CCC3)[nH]c2c1. The van der Waals surface area contributed by atoms with E-state index in [0.29, 0.717) is 0 Å². The second-order valence-corrected chi connectivity index (χ2v) is 6.58. The smallest absolute Gasteiger partial charge is 0.127 e. The Hall–Kier alpha value is -1.35. The summed E-state index contributed by atoms with van der Waals surface area (Å²) in [5, 5.41) is 0. The number of fused-ring (bicyclic) bond motifs is 1. The van der Waals surface area contributed by atoms with Crippen molar-refractivity contribution in [2.75, 3.05) is 0 Å². The number of aromatic nitrogens is 2. The molecule has 3 rings (SSSR count). The first-order chi connectivity index (χ1) is 8.38. The van der Waals surface area contributed by atoms with E-state index in [-0.39, 0.29) is 11.0 Å². The molecule has 18 heavy (non-hydrogen) atoms. The molecule has 3 nitrogen and oxygen atoms in total. The van der Waals surface area contributed by atoms with Gasteiger partial charge in [-0.1, -0.05) is 26.8 Å². The third-order valence-corrected chi connectivity index (χ3v) is 4.07. The third-order valence-electron chi connectivity index (χ3n) is 4.07. The van der Waals surface area contributed by atoms with E-state index in [0.717, 1.165) is 29.7 Å². The highest BCUT2D eigenvalue weighted by Crippen LogP contribution is 2.38. The Labute approximate surface area is 108 Å². The predicted molar refractivity (Wildman–Crippen MR) is 74.5 cm³/mol. The molecule has 1 fully saturated rings. The van der Waals surface area contributed by atoms with Crippen LogP contribution in [0.1, 0.15) is 51.4 Å². The van der Waals surface area contributed by atoms with Gasteiger partial charge in [0.1, 0.15) is 5.82 Å². The van der Waals surface area contributed by atoms with Gasteiger partial charge in [-0.2, -0.15) is 0 Å². The highest BCUT2D eigenvalue weighted by molar-refractivity contribution is 5.76. The van der Waals surface area contributed by atoms with Gasteiger partial charge in [0, 0.05) is 0 Å². The molecule has 1 aliphatic rings. The van der Waals surface area contributed by atoms with Crippen molar-refractivity contribution in [1.29, 1.82) is 0 Å². The minimum atomic E-state index is -0.207. The normalized spacial score (nSPS) is 18.9. The topological polar surface area (TPSA) is 54.7 Å². The van der Waals surface area contributed by atoms with Crippen LogP contribution in [-0.4, -0.2) is 9.97 Å². The lowest BCUT2D eigenvalue weighted by atomic mass is 9.77. The van der Waals surface area contributed by atoms with Crippen LogP contribution < -0.4 is 5.73 Å². The number of hydrogen-bond donors (Lipinski definition) is 2. The summed E-state index contributed by atoms with van der Waals surface area (Å²) >= 11 is 0. The fourth-order valence-electron chi connectivity index (χ4n) is 2.51. The van der Waals surface area contributed by atoms with Crippen molar-refractivity contribution in [2.24, 2.45) is 5.73 Å². The Balaban J connectivity index is 2.07. The monoisotopic (exact) mass is 243 g/mol. The average molecular weight is 243 g/mol. The maximum Gasteiger partial charge on any atom is 0.127 e.